The fraction of sp³-hybridized carbons (Fsp3) is 0.458. The van der Waals surface area contributed by atoms with Crippen LogP contribution >= 0.6 is 11.6 Å². The molecule has 5 nitrogen and oxygen atoms in total. The zero-order chi connectivity index (χ0) is 22.2. The number of halogens is 2. The summed E-state index contributed by atoms with van der Waals surface area (Å²) in [5.41, 5.74) is 1.73. The van der Waals surface area contributed by atoms with Crippen LogP contribution in [-0.4, -0.2) is 36.7 Å². The van der Waals surface area contributed by atoms with Crippen LogP contribution < -0.4 is 15.4 Å². The minimum atomic E-state index is -0.382. The number of urea groups is 1. The van der Waals surface area contributed by atoms with Gasteiger partial charge in [0, 0.05) is 24.2 Å². The maximum atomic E-state index is 13.4. The second kappa shape index (κ2) is 11.3. The molecule has 31 heavy (non-hydrogen) atoms. The average Bonchev–Trinajstić information content (AvgIpc) is 2.77. The molecule has 1 aliphatic rings. The van der Waals surface area contributed by atoms with Crippen LogP contribution in [0.15, 0.2) is 42.5 Å². The fourth-order valence-electron chi connectivity index (χ4n) is 3.56. The normalized spacial score (nSPS) is 14.5. The van der Waals surface area contributed by atoms with Gasteiger partial charge in [-0.3, -0.25) is 0 Å². The summed E-state index contributed by atoms with van der Waals surface area (Å²) in [7, 11) is 0. The molecule has 0 saturated carbocycles. The molecule has 7 heteroatoms. The molecule has 1 saturated heterocycles. The number of ether oxygens (including phenoxy) is 1. The van der Waals surface area contributed by atoms with E-state index in [1.807, 2.05) is 29.2 Å². The molecule has 2 aromatic carbocycles. The third kappa shape index (κ3) is 7.11. The predicted octanol–water partition coefficient (Wildman–Crippen LogP) is 4.98. The van der Waals surface area contributed by atoms with Crippen molar-refractivity contribution in [1.82, 2.24) is 15.5 Å². The summed E-state index contributed by atoms with van der Waals surface area (Å²) < 4.78 is 19.1. The Kier molecular flexibility index (Phi) is 8.55. The summed E-state index contributed by atoms with van der Waals surface area (Å²) in [4.78, 5) is 14.9. The van der Waals surface area contributed by atoms with Crippen LogP contribution in [0.4, 0.5) is 9.18 Å². The van der Waals surface area contributed by atoms with E-state index in [0.717, 1.165) is 42.8 Å². The number of piperidine rings is 1. The smallest absolute Gasteiger partial charge is 0.318 e. The van der Waals surface area contributed by atoms with Crippen LogP contribution in [-0.2, 0) is 13.1 Å². The van der Waals surface area contributed by atoms with Crippen molar-refractivity contribution in [2.24, 2.45) is 5.92 Å². The van der Waals surface area contributed by atoms with Gasteiger partial charge in [-0.2, -0.15) is 0 Å². The highest BCUT2D eigenvalue weighted by Gasteiger charge is 2.26. The van der Waals surface area contributed by atoms with Crippen LogP contribution in [0.1, 0.15) is 37.8 Å². The third-order valence-corrected chi connectivity index (χ3v) is 5.67. The summed E-state index contributed by atoms with van der Waals surface area (Å²) in [5, 5.41) is 6.69. The van der Waals surface area contributed by atoms with E-state index in [1.54, 1.807) is 6.07 Å². The fourth-order valence-corrected chi connectivity index (χ4v) is 3.79. The van der Waals surface area contributed by atoms with E-state index >= 15 is 0 Å². The predicted molar refractivity (Wildman–Crippen MR) is 122 cm³/mol. The first-order chi connectivity index (χ1) is 14.9. The molecule has 0 bridgehead atoms. The van der Waals surface area contributed by atoms with Crippen molar-refractivity contribution < 1.29 is 13.9 Å². The van der Waals surface area contributed by atoms with Crippen molar-refractivity contribution >= 4 is 17.6 Å². The Balaban J connectivity index is 1.64. The Labute approximate surface area is 188 Å². The molecule has 0 aliphatic carbocycles. The highest BCUT2D eigenvalue weighted by Crippen LogP contribution is 2.22. The standard InChI is InChI=1S/C24H31ClFN3O2/c1-17(2)16-31-22-7-3-18(4-8-22)14-28-24(30)29(21-9-11-27-12-10-21)15-19-5-6-20(26)13-23(19)25/h3-8,13,17,21,27H,9-12,14-16H2,1-2H3,(H,28,30). The van der Waals surface area contributed by atoms with Crippen LogP contribution in [0.5, 0.6) is 5.75 Å². The molecule has 0 radical (unpaired) electrons. The summed E-state index contributed by atoms with van der Waals surface area (Å²) in [6.45, 7) is 7.38. The number of carbonyl (C=O) groups excluding carboxylic acids is 1. The van der Waals surface area contributed by atoms with E-state index in [0.29, 0.717) is 30.6 Å². The van der Waals surface area contributed by atoms with Gasteiger partial charge in [0.15, 0.2) is 0 Å². The molecular weight excluding hydrogens is 417 g/mol. The van der Waals surface area contributed by atoms with Crippen LogP contribution in [0.2, 0.25) is 5.02 Å². The van der Waals surface area contributed by atoms with Gasteiger partial charge in [0.05, 0.1) is 6.61 Å². The van der Waals surface area contributed by atoms with E-state index in [4.69, 9.17) is 16.3 Å². The molecule has 0 atom stereocenters. The van der Waals surface area contributed by atoms with Gasteiger partial charge in [0.1, 0.15) is 11.6 Å². The lowest BCUT2D eigenvalue weighted by atomic mass is 10.0. The highest BCUT2D eigenvalue weighted by molar-refractivity contribution is 6.31. The Bertz CT molecular complexity index is 854. The Morgan fingerprint density at radius 1 is 1.23 bits per heavy atom. The number of benzene rings is 2. The van der Waals surface area contributed by atoms with E-state index in [-0.39, 0.29) is 17.9 Å². The maximum absolute atomic E-state index is 13.4. The highest BCUT2D eigenvalue weighted by atomic mass is 35.5. The maximum Gasteiger partial charge on any atom is 0.318 e. The number of nitrogens with one attached hydrogen (secondary N) is 2. The Hall–Kier alpha value is -2.31. The van der Waals surface area contributed by atoms with Crippen LogP contribution in [0, 0.1) is 11.7 Å². The van der Waals surface area contributed by atoms with Gasteiger partial charge in [-0.25, -0.2) is 9.18 Å². The second-order valence-corrected chi connectivity index (χ2v) is 8.76. The lowest BCUT2D eigenvalue weighted by molar-refractivity contribution is 0.154. The molecule has 1 aliphatic heterocycles. The number of amides is 2. The quantitative estimate of drug-likeness (QED) is 0.600. The molecule has 2 amide bonds. The van der Waals surface area contributed by atoms with E-state index < -0.39 is 0 Å². The van der Waals surface area contributed by atoms with E-state index in [9.17, 15) is 9.18 Å². The van der Waals surface area contributed by atoms with E-state index in [2.05, 4.69) is 24.5 Å². The summed E-state index contributed by atoms with van der Waals surface area (Å²) >= 11 is 6.23. The molecule has 3 rings (SSSR count). The monoisotopic (exact) mass is 447 g/mol. The lowest BCUT2D eigenvalue weighted by Crippen LogP contribution is -2.49. The molecule has 0 unspecified atom stereocenters. The Morgan fingerprint density at radius 2 is 1.94 bits per heavy atom. The first-order valence-corrected chi connectivity index (χ1v) is 11.2. The first-order valence-electron chi connectivity index (χ1n) is 10.8. The summed E-state index contributed by atoms with van der Waals surface area (Å²) in [6, 6.07) is 12.0. The molecule has 2 N–H and O–H groups in total. The molecule has 1 fully saturated rings. The largest absolute Gasteiger partial charge is 0.493 e. The van der Waals surface area contributed by atoms with Crippen molar-refractivity contribution in [2.75, 3.05) is 19.7 Å². The average molecular weight is 448 g/mol. The van der Waals surface area contributed by atoms with Crippen LogP contribution in [0.3, 0.4) is 0 Å². The van der Waals surface area contributed by atoms with Crippen molar-refractivity contribution in [3.63, 3.8) is 0 Å². The molecule has 0 aromatic heterocycles. The number of rotatable bonds is 8. The zero-order valence-corrected chi connectivity index (χ0v) is 18.9. The van der Waals surface area contributed by atoms with E-state index in [1.165, 1.54) is 12.1 Å². The van der Waals surface area contributed by atoms with Gasteiger partial charge in [-0.1, -0.05) is 43.6 Å². The Morgan fingerprint density at radius 3 is 2.58 bits per heavy atom. The second-order valence-electron chi connectivity index (χ2n) is 8.35. The zero-order valence-electron chi connectivity index (χ0n) is 18.2. The summed E-state index contributed by atoms with van der Waals surface area (Å²) in [5.74, 6) is 0.910. The van der Waals surface area contributed by atoms with Crippen molar-refractivity contribution in [3.05, 3.63) is 64.4 Å². The molecular formula is C24H31ClFN3O2. The minimum absolute atomic E-state index is 0.106. The van der Waals surface area contributed by atoms with Gasteiger partial charge in [-0.15, -0.1) is 0 Å². The van der Waals surface area contributed by atoms with Gasteiger partial charge >= 0.3 is 6.03 Å². The van der Waals surface area contributed by atoms with Crippen molar-refractivity contribution in [2.45, 2.75) is 45.8 Å². The van der Waals surface area contributed by atoms with Gasteiger partial charge in [0.25, 0.3) is 0 Å². The molecule has 0 spiro atoms. The number of carbonyl (C=O) groups is 1. The molecule has 1 heterocycles. The van der Waals surface area contributed by atoms with Crippen LogP contribution in [0.25, 0.3) is 0 Å². The minimum Gasteiger partial charge on any atom is -0.493 e. The van der Waals surface area contributed by atoms with Gasteiger partial charge in [-0.05, 0) is 67.2 Å². The van der Waals surface area contributed by atoms with Gasteiger partial charge in [0.2, 0.25) is 0 Å². The number of hydrogen-bond acceptors (Lipinski definition) is 3. The first kappa shape index (κ1) is 23.4. The SMILES string of the molecule is CC(C)COc1ccc(CNC(=O)N(Cc2ccc(F)cc2Cl)C2CCNCC2)cc1. The lowest BCUT2D eigenvalue weighted by Gasteiger charge is -2.35. The number of hydrogen-bond donors (Lipinski definition) is 2. The third-order valence-electron chi connectivity index (χ3n) is 5.32. The number of nitrogens with zero attached hydrogens (tertiary/aromatic N) is 1. The van der Waals surface area contributed by atoms with Gasteiger partial charge < -0.3 is 20.3 Å². The van der Waals surface area contributed by atoms with Crippen molar-refractivity contribution in [3.8, 4) is 5.75 Å². The topological polar surface area (TPSA) is 53.6 Å². The molecule has 168 valence electrons. The van der Waals surface area contributed by atoms with Crippen molar-refractivity contribution in [1.29, 1.82) is 0 Å². The molecule has 2 aromatic rings. The summed E-state index contributed by atoms with van der Waals surface area (Å²) in [6.07, 6.45) is 1.74.